The second-order valence-corrected chi connectivity index (χ2v) is 4.32. The number of aromatic nitrogens is 3. The first-order chi connectivity index (χ1) is 6.84. The Hall–Kier alpha value is -1.28. The summed E-state index contributed by atoms with van der Waals surface area (Å²) in [4.78, 5) is 21.7. The SMILES string of the molecule is Cn1c(SCC(C)(N)C(=O)O)n[nH]c1=O. The molecule has 84 valence electrons. The van der Waals surface area contributed by atoms with Crippen LogP contribution in [-0.2, 0) is 11.8 Å². The van der Waals surface area contributed by atoms with Crippen molar-refractivity contribution in [3.8, 4) is 0 Å². The molecule has 0 bridgehead atoms. The molecule has 0 radical (unpaired) electrons. The molecule has 7 nitrogen and oxygen atoms in total. The highest BCUT2D eigenvalue weighted by Crippen LogP contribution is 2.17. The first-order valence-corrected chi connectivity index (χ1v) is 5.09. The Morgan fingerprint density at radius 2 is 2.40 bits per heavy atom. The van der Waals surface area contributed by atoms with E-state index in [4.69, 9.17) is 10.8 Å². The summed E-state index contributed by atoms with van der Waals surface area (Å²) >= 11 is 1.12. The van der Waals surface area contributed by atoms with E-state index in [1.165, 1.54) is 11.5 Å². The summed E-state index contributed by atoms with van der Waals surface area (Å²) in [5, 5.41) is 15.1. The molecular formula is C7H12N4O3S. The second kappa shape index (κ2) is 4.07. The van der Waals surface area contributed by atoms with Gasteiger partial charge < -0.3 is 10.8 Å². The van der Waals surface area contributed by atoms with Crippen molar-refractivity contribution in [1.82, 2.24) is 14.8 Å². The van der Waals surface area contributed by atoms with Gasteiger partial charge in [0.05, 0.1) is 0 Å². The van der Waals surface area contributed by atoms with Crippen LogP contribution in [0.1, 0.15) is 6.92 Å². The van der Waals surface area contributed by atoms with E-state index in [-0.39, 0.29) is 11.4 Å². The van der Waals surface area contributed by atoms with E-state index >= 15 is 0 Å². The molecule has 0 aromatic carbocycles. The molecular weight excluding hydrogens is 220 g/mol. The van der Waals surface area contributed by atoms with Gasteiger partial charge in [0.25, 0.3) is 0 Å². The summed E-state index contributed by atoms with van der Waals surface area (Å²) in [6.45, 7) is 1.41. The third-order valence-electron chi connectivity index (χ3n) is 1.83. The minimum Gasteiger partial charge on any atom is -0.480 e. The largest absolute Gasteiger partial charge is 0.480 e. The number of thioether (sulfide) groups is 1. The van der Waals surface area contributed by atoms with Crippen LogP contribution in [0.15, 0.2) is 9.95 Å². The maximum Gasteiger partial charge on any atom is 0.343 e. The molecule has 4 N–H and O–H groups in total. The molecule has 0 aliphatic rings. The lowest BCUT2D eigenvalue weighted by molar-refractivity contribution is -0.141. The highest BCUT2D eigenvalue weighted by Gasteiger charge is 2.28. The predicted molar refractivity (Wildman–Crippen MR) is 54.8 cm³/mol. The highest BCUT2D eigenvalue weighted by molar-refractivity contribution is 7.99. The molecule has 0 fully saturated rings. The topological polar surface area (TPSA) is 114 Å². The first-order valence-electron chi connectivity index (χ1n) is 4.11. The molecule has 0 spiro atoms. The molecule has 1 rings (SSSR count). The number of hydrogen-bond acceptors (Lipinski definition) is 5. The minimum atomic E-state index is -1.33. The number of nitrogens with two attached hydrogens (primary N) is 1. The summed E-state index contributed by atoms with van der Waals surface area (Å²) in [5.74, 6) is -0.948. The third kappa shape index (κ3) is 2.60. The predicted octanol–water partition coefficient (Wildman–Crippen LogP) is -0.997. The van der Waals surface area contributed by atoms with Crippen LogP contribution in [0.3, 0.4) is 0 Å². The number of H-pyrrole nitrogens is 1. The molecule has 1 heterocycles. The quantitative estimate of drug-likeness (QED) is 0.574. The van der Waals surface area contributed by atoms with Crippen LogP contribution in [0.4, 0.5) is 0 Å². The van der Waals surface area contributed by atoms with E-state index in [9.17, 15) is 9.59 Å². The van der Waals surface area contributed by atoms with E-state index < -0.39 is 11.5 Å². The van der Waals surface area contributed by atoms with Crippen LogP contribution in [0.5, 0.6) is 0 Å². The van der Waals surface area contributed by atoms with Gasteiger partial charge in [0.1, 0.15) is 5.54 Å². The van der Waals surface area contributed by atoms with Crippen molar-refractivity contribution in [2.24, 2.45) is 12.8 Å². The van der Waals surface area contributed by atoms with Gasteiger partial charge >= 0.3 is 11.7 Å². The first kappa shape index (κ1) is 11.8. The van der Waals surface area contributed by atoms with Crippen molar-refractivity contribution in [3.63, 3.8) is 0 Å². The van der Waals surface area contributed by atoms with Gasteiger partial charge in [0.2, 0.25) is 0 Å². The van der Waals surface area contributed by atoms with Crippen molar-refractivity contribution >= 4 is 17.7 Å². The van der Waals surface area contributed by atoms with Crippen LogP contribution < -0.4 is 11.4 Å². The number of nitrogens with one attached hydrogen (secondary N) is 1. The van der Waals surface area contributed by atoms with E-state index in [1.807, 2.05) is 0 Å². The number of aliphatic carboxylic acids is 1. The zero-order chi connectivity index (χ0) is 11.6. The number of hydrogen-bond donors (Lipinski definition) is 3. The van der Waals surface area contributed by atoms with Crippen LogP contribution >= 0.6 is 11.8 Å². The molecule has 8 heteroatoms. The maximum atomic E-state index is 11.0. The Morgan fingerprint density at radius 3 is 2.80 bits per heavy atom. The minimum absolute atomic E-state index is 0.139. The summed E-state index contributed by atoms with van der Waals surface area (Å²) in [7, 11) is 1.54. The van der Waals surface area contributed by atoms with E-state index in [0.717, 1.165) is 11.8 Å². The number of carbonyl (C=O) groups is 1. The zero-order valence-electron chi connectivity index (χ0n) is 8.35. The average Bonchev–Trinajstić information content (AvgIpc) is 2.45. The number of carboxylic acids is 1. The Labute approximate surface area is 89.7 Å². The molecule has 1 aromatic rings. The van der Waals surface area contributed by atoms with Crippen LogP contribution in [0.2, 0.25) is 0 Å². The molecule has 15 heavy (non-hydrogen) atoms. The van der Waals surface area contributed by atoms with Gasteiger partial charge in [-0.1, -0.05) is 11.8 Å². The third-order valence-corrected chi connectivity index (χ3v) is 3.20. The number of carboxylic acid groups (broad SMARTS) is 1. The van der Waals surface area contributed by atoms with Crippen molar-refractivity contribution in [2.45, 2.75) is 17.6 Å². The van der Waals surface area contributed by atoms with E-state index in [1.54, 1.807) is 7.05 Å². The highest BCUT2D eigenvalue weighted by atomic mass is 32.2. The molecule has 1 atom stereocenters. The Morgan fingerprint density at radius 1 is 1.80 bits per heavy atom. The fourth-order valence-corrected chi connectivity index (χ4v) is 1.68. The van der Waals surface area contributed by atoms with Gasteiger partial charge in [-0.05, 0) is 6.92 Å². The lowest BCUT2D eigenvalue weighted by atomic mass is 10.1. The van der Waals surface area contributed by atoms with Gasteiger partial charge in [0, 0.05) is 12.8 Å². The second-order valence-electron chi connectivity index (χ2n) is 3.38. The van der Waals surface area contributed by atoms with Crippen molar-refractivity contribution < 1.29 is 9.90 Å². The van der Waals surface area contributed by atoms with Crippen molar-refractivity contribution in [3.05, 3.63) is 10.5 Å². The standard InChI is InChI=1S/C7H12N4O3S/c1-7(8,4(12)13)3-15-6-10-9-5(14)11(6)2/h3,8H2,1-2H3,(H,9,14)(H,12,13). The normalized spacial score (nSPS) is 14.9. The Bertz CT molecular complexity index is 422. The van der Waals surface area contributed by atoms with Gasteiger partial charge in [-0.3, -0.25) is 9.36 Å². The number of nitrogens with zero attached hydrogens (tertiary/aromatic N) is 2. The molecule has 1 unspecified atom stereocenters. The number of rotatable bonds is 4. The molecule has 1 aromatic heterocycles. The van der Waals surface area contributed by atoms with Crippen molar-refractivity contribution in [2.75, 3.05) is 5.75 Å². The molecule has 0 saturated heterocycles. The molecule has 0 amide bonds. The Balaban J connectivity index is 2.70. The Kier molecular flexibility index (Phi) is 3.20. The van der Waals surface area contributed by atoms with Crippen molar-refractivity contribution in [1.29, 1.82) is 0 Å². The van der Waals surface area contributed by atoms with Gasteiger partial charge in [0.15, 0.2) is 5.16 Å². The van der Waals surface area contributed by atoms with Gasteiger partial charge in [-0.15, -0.1) is 5.10 Å². The lowest BCUT2D eigenvalue weighted by Gasteiger charge is -2.17. The fraction of sp³-hybridized carbons (Fsp3) is 0.571. The van der Waals surface area contributed by atoms with Crippen LogP contribution in [0.25, 0.3) is 0 Å². The lowest BCUT2D eigenvalue weighted by Crippen LogP contribution is -2.47. The van der Waals surface area contributed by atoms with Gasteiger partial charge in [-0.25, -0.2) is 9.89 Å². The molecule has 0 aliphatic carbocycles. The smallest absolute Gasteiger partial charge is 0.343 e. The number of aromatic amines is 1. The van der Waals surface area contributed by atoms with E-state index in [2.05, 4.69) is 10.2 Å². The van der Waals surface area contributed by atoms with Crippen LogP contribution in [-0.4, -0.2) is 37.1 Å². The molecule has 0 saturated carbocycles. The van der Waals surface area contributed by atoms with Gasteiger partial charge in [-0.2, -0.15) is 0 Å². The zero-order valence-corrected chi connectivity index (χ0v) is 9.17. The average molecular weight is 232 g/mol. The van der Waals surface area contributed by atoms with Crippen LogP contribution in [0, 0.1) is 0 Å². The maximum absolute atomic E-state index is 11.0. The summed E-state index contributed by atoms with van der Waals surface area (Å²) < 4.78 is 1.29. The summed E-state index contributed by atoms with van der Waals surface area (Å²) in [5.41, 5.74) is 3.84. The summed E-state index contributed by atoms with van der Waals surface area (Å²) in [6, 6.07) is 0. The van der Waals surface area contributed by atoms with E-state index in [0.29, 0.717) is 5.16 Å². The molecule has 0 aliphatic heterocycles. The fourth-order valence-electron chi connectivity index (χ4n) is 0.738. The summed E-state index contributed by atoms with van der Waals surface area (Å²) in [6.07, 6.45) is 0. The monoisotopic (exact) mass is 232 g/mol.